The molecule has 0 saturated carbocycles. The van der Waals surface area contributed by atoms with Crippen LogP contribution in [0.25, 0.3) is 0 Å². The average Bonchev–Trinajstić information content (AvgIpc) is 2.46. The topological polar surface area (TPSA) is 92.5 Å². The van der Waals surface area contributed by atoms with Crippen molar-refractivity contribution in [3.8, 4) is 0 Å². The number of carboxylic acid groups (broad SMARTS) is 1. The lowest BCUT2D eigenvalue weighted by Crippen LogP contribution is -2.02. The minimum atomic E-state index is -0.958. The molecule has 0 radical (unpaired) electrons. The zero-order chi connectivity index (χ0) is 15.4. The van der Waals surface area contributed by atoms with Crippen LogP contribution < -0.4 is 5.32 Å². The number of anilines is 1. The van der Waals surface area contributed by atoms with Crippen molar-refractivity contribution < 1.29 is 14.8 Å². The molecule has 21 heavy (non-hydrogen) atoms. The van der Waals surface area contributed by atoms with Gasteiger partial charge in [0.05, 0.1) is 10.5 Å². The first-order valence-electron chi connectivity index (χ1n) is 6.28. The van der Waals surface area contributed by atoms with E-state index in [1.807, 2.05) is 0 Å². The Labute approximate surface area is 121 Å². The molecule has 0 aliphatic carbocycles. The van der Waals surface area contributed by atoms with Gasteiger partial charge in [0.1, 0.15) is 0 Å². The Morgan fingerprint density at radius 2 is 1.90 bits per heavy atom. The predicted molar refractivity (Wildman–Crippen MR) is 78.6 cm³/mol. The molecule has 0 aliphatic rings. The van der Waals surface area contributed by atoms with Gasteiger partial charge in [-0.25, -0.2) is 4.79 Å². The molecule has 0 aromatic heterocycles. The number of hydrogen-bond donors (Lipinski definition) is 2. The van der Waals surface area contributed by atoms with Gasteiger partial charge in [-0.2, -0.15) is 0 Å². The molecule has 0 heterocycles. The molecule has 0 aliphatic heterocycles. The first-order chi connectivity index (χ1) is 9.97. The fourth-order valence-corrected chi connectivity index (χ4v) is 1.92. The van der Waals surface area contributed by atoms with Crippen LogP contribution in [0.15, 0.2) is 42.5 Å². The Morgan fingerprint density at radius 3 is 2.43 bits per heavy atom. The smallest absolute Gasteiger partial charge is 0.335 e. The third-order valence-electron chi connectivity index (χ3n) is 3.10. The monoisotopic (exact) mass is 286 g/mol. The highest BCUT2D eigenvalue weighted by Crippen LogP contribution is 2.21. The van der Waals surface area contributed by atoms with Crippen LogP contribution >= 0.6 is 0 Å². The molecule has 6 nitrogen and oxygen atoms in total. The van der Waals surface area contributed by atoms with Gasteiger partial charge in [0.2, 0.25) is 0 Å². The van der Waals surface area contributed by atoms with Crippen LogP contribution in [-0.4, -0.2) is 16.0 Å². The van der Waals surface area contributed by atoms with Crippen molar-refractivity contribution in [1.82, 2.24) is 0 Å². The van der Waals surface area contributed by atoms with Crippen LogP contribution in [-0.2, 0) is 6.54 Å². The Bertz CT molecular complexity index is 681. The van der Waals surface area contributed by atoms with Crippen LogP contribution in [0.3, 0.4) is 0 Å². The highest BCUT2D eigenvalue weighted by atomic mass is 16.6. The van der Waals surface area contributed by atoms with Gasteiger partial charge < -0.3 is 10.4 Å². The standard InChI is InChI=1S/C15H14N2O4/c1-10-8-13(17(20)21)6-7-14(10)16-9-11-2-4-12(5-3-11)15(18)19/h2-8,16H,9H2,1H3,(H,18,19). The number of carbonyl (C=O) groups is 1. The quantitative estimate of drug-likeness (QED) is 0.650. The number of non-ortho nitro benzene ring substituents is 1. The molecule has 2 N–H and O–H groups in total. The second kappa shape index (κ2) is 6.04. The first-order valence-corrected chi connectivity index (χ1v) is 6.28. The van der Waals surface area contributed by atoms with E-state index in [9.17, 15) is 14.9 Å². The number of nitro groups is 1. The minimum Gasteiger partial charge on any atom is -0.478 e. The summed E-state index contributed by atoms with van der Waals surface area (Å²) in [6.45, 7) is 2.31. The number of aromatic carboxylic acids is 1. The van der Waals surface area contributed by atoms with E-state index in [1.54, 1.807) is 37.3 Å². The molecule has 2 rings (SSSR count). The van der Waals surface area contributed by atoms with Crippen LogP contribution in [0.4, 0.5) is 11.4 Å². The van der Waals surface area contributed by atoms with Gasteiger partial charge in [-0.1, -0.05) is 12.1 Å². The maximum Gasteiger partial charge on any atom is 0.335 e. The average molecular weight is 286 g/mol. The van der Waals surface area contributed by atoms with Crippen molar-refractivity contribution in [2.75, 3.05) is 5.32 Å². The van der Waals surface area contributed by atoms with Crippen molar-refractivity contribution in [3.05, 3.63) is 69.3 Å². The number of nitrogens with one attached hydrogen (secondary N) is 1. The highest BCUT2D eigenvalue weighted by Gasteiger charge is 2.08. The molecular weight excluding hydrogens is 272 g/mol. The predicted octanol–water partition coefficient (Wildman–Crippen LogP) is 3.21. The fraction of sp³-hybridized carbons (Fsp3) is 0.133. The van der Waals surface area contributed by atoms with E-state index in [1.165, 1.54) is 12.1 Å². The summed E-state index contributed by atoms with van der Waals surface area (Å²) in [6, 6.07) is 11.2. The van der Waals surface area contributed by atoms with Gasteiger partial charge in [0, 0.05) is 24.4 Å². The number of aryl methyl sites for hydroxylation is 1. The molecule has 0 amide bonds. The summed E-state index contributed by atoms with van der Waals surface area (Å²) in [4.78, 5) is 21.0. The number of carboxylic acids is 1. The summed E-state index contributed by atoms with van der Waals surface area (Å²) < 4.78 is 0. The molecule has 2 aromatic carbocycles. The van der Waals surface area contributed by atoms with Crippen LogP contribution in [0, 0.1) is 17.0 Å². The lowest BCUT2D eigenvalue weighted by molar-refractivity contribution is -0.384. The number of rotatable bonds is 5. The molecule has 0 bridgehead atoms. The molecule has 0 atom stereocenters. The Balaban J connectivity index is 2.06. The van der Waals surface area contributed by atoms with Gasteiger partial charge in [-0.3, -0.25) is 10.1 Å². The fourth-order valence-electron chi connectivity index (χ4n) is 1.92. The summed E-state index contributed by atoms with van der Waals surface area (Å²) >= 11 is 0. The third kappa shape index (κ3) is 3.56. The van der Waals surface area contributed by atoms with E-state index >= 15 is 0 Å². The first kappa shape index (κ1) is 14.5. The van der Waals surface area contributed by atoms with Gasteiger partial charge in [0.25, 0.3) is 5.69 Å². The number of hydrogen-bond acceptors (Lipinski definition) is 4. The van der Waals surface area contributed by atoms with E-state index in [0.29, 0.717) is 6.54 Å². The van der Waals surface area contributed by atoms with Crippen molar-refractivity contribution in [2.24, 2.45) is 0 Å². The maximum absolute atomic E-state index is 10.8. The molecule has 0 fully saturated rings. The second-order valence-electron chi connectivity index (χ2n) is 4.61. The largest absolute Gasteiger partial charge is 0.478 e. The van der Waals surface area contributed by atoms with Crippen molar-refractivity contribution in [3.63, 3.8) is 0 Å². The second-order valence-corrected chi connectivity index (χ2v) is 4.61. The molecular formula is C15H14N2O4. The zero-order valence-corrected chi connectivity index (χ0v) is 11.4. The van der Waals surface area contributed by atoms with Crippen LogP contribution in [0.5, 0.6) is 0 Å². The molecule has 0 unspecified atom stereocenters. The van der Waals surface area contributed by atoms with E-state index < -0.39 is 10.9 Å². The van der Waals surface area contributed by atoms with E-state index in [-0.39, 0.29) is 11.3 Å². The van der Waals surface area contributed by atoms with Gasteiger partial charge >= 0.3 is 5.97 Å². The summed E-state index contributed by atoms with van der Waals surface area (Å²) in [5, 5.41) is 22.7. The highest BCUT2D eigenvalue weighted by molar-refractivity contribution is 5.87. The normalized spacial score (nSPS) is 10.1. The summed E-state index contributed by atoms with van der Waals surface area (Å²) in [7, 11) is 0. The number of benzene rings is 2. The van der Waals surface area contributed by atoms with Crippen LogP contribution in [0.2, 0.25) is 0 Å². The van der Waals surface area contributed by atoms with Crippen molar-refractivity contribution in [1.29, 1.82) is 0 Å². The van der Waals surface area contributed by atoms with Crippen molar-refractivity contribution in [2.45, 2.75) is 13.5 Å². The van der Waals surface area contributed by atoms with Crippen LogP contribution in [0.1, 0.15) is 21.5 Å². The Kier molecular flexibility index (Phi) is 4.18. The van der Waals surface area contributed by atoms with Gasteiger partial charge in [0.15, 0.2) is 0 Å². The minimum absolute atomic E-state index is 0.0591. The Morgan fingerprint density at radius 1 is 1.24 bits per heavy atom. The number of nitrogens with zero attached hydrogens (tertiary/aromatic N) is 1. The summed E-state index contributed by atoms with van der Waals surface area (Å²) in [5.41, 5.74) is 2.82. The molecule has 2 aromatic rings. The summed E-state index contributed by atoms with van der Waals surface area (Å²) in [6.07, 6.45) is 0. The van der Waals surface area contributed by atoms with Gasteiger partial charge in [-0.05, 0) is 36.2 Å². The maximum atomic E-state index is 10.8. The van der Waals surface area contributed by atoms with E-state index in [4.69, 9.17) is 5.11 Å². The SMILES string of the molecule is Cc1cc([N+](=O)[O-])ccc1NCc1ccc(C(=O)O)cc1. The van der Waals surface area contributed by atoms with Crippen molar-refractivity contribution >= 4 is 17.3 Å². The lowest BCUT2D eigenvalue weighted by atomic mass is 10.1. The molecule has 0 spiro atoms. The lowest BCUT2D eigenvalue weighted by Gasteiger charge is -2.09. The van der Waals surface area contributed by atoms with E-state index in [2.05, 4.69) is 5.32 Å². The third-order valence-corrected chi connectivity index (χ3v) is 3.10. The molecule has 108 valence electrons. The van der Waals surface area contributed by atoms with Gasteiger partial charge in [-0.15, -0.1) is 0 Å². The molecule has 6 heteroatoms. The summed E-state index contributed by atoms with van der Waals surface area (Å²) in [5.74, 6) is -0.958. The Hall–Kier alpha value is -2.89. The number of nitro benzene ring substituents is 1. The molecule has 0 saturated heterocycles. The zero-order valence-electron chi connectivity index (χ0n) is 11.4. The van der Waals surface area contributed by atoms with E-state index in [0.717, 1.165) is 16.8 Å².